The van der Waals surface area contributed by atoms with Gasteiger partial charge in [-0.05, 0) is 23.8 Å². The van der Waals surface area contributed by atoms with Crippen LogP contribution in [-0.4, -0.2) is 23.1 Å². The summed E-state index contributed by atoms with van der Waals surface area (Å²) in [5, 5.41) is 15.0. The van der Waals surface area contributed by atoms with E-state index >= 15 is 0 Å². The highest BCUT2D eigenvalue weighted by Gasteiger charge is 2.18. The smallest absolute Gasteiger partial charge is 0.266 e. The Morgan fingerprint density at radius 1 is 1.15 bits per heavy atom. The Bertz CT molecular complexity index is 1050. The molecule has 0 spiro atoms. The lowest BCUT2D eigenvalue weighted by Crippen LogP contribution is -2.14. The van der Waals surface area contributed by atoms with E-state index in [0.29, 0.717) is 6.54 Å². The van der Waals surface area contributed by atoms with Gasteiger partial charge in [-0.25, -0.2) is 8.42 Å². The molecule has 0 bridgehead atoms. The molecule has 0 saturated carbocycles. The van der Waals surface area contributed by atoms with Crippen molar-refractivity contribution in [3.8, 4) is 0 Å². The summed E-state index contributed by atoms with van der Waals surface area (Å²) >= 11 is 3.36. The van der Waals surface area contributed by atoms with Crippen molar-refractivity contribution >= 4 is 37.5 Å². The van der Waals surface area contributed by atoms with Gasteiger partial charge in [0.15, 0.2) is 5.82 Å². The second-order valence-corrected chi connectivity index (χ2v) is 7.98. The van der Waals surface area contributed by atoms with Gasteiger partial charge in [-0.2, -0.15) is 5.10 Å². The SMILES string of the molecule is O=[N+]([O-])c1cccc(S(=O)(=O)Nc2ccn(Cc3ccc(Br)cc3)n2)c1. The number of nitrogens with zero attached hydrogens (tertiary/aromatic N) is 3. The van der Waals surface area contributed by atoms with Gasteiger partial charge in [-0.1, -0.05) is 34.1 Å². The number of nitrogens with one attached hydrogen (secondary N) is 1. The number of hydrogen-bond donors (Lipinski definition) is 1. The average Bonchev–Trinajstić information content (AvgIpc) is 3.03. The highest BCUT2D eigenvalue weighted by Crippen LogP contribution is 2.20. The van der Waals surface area contributed by atoms with Crippen LogP contribution in [-0.2, 0) is 16.6 Å². The van der Waals surface area contributed by atoms with Crippen molar-refractivity contribution < 1.29 is 13.3 Å². The van der Waals surface area contributed by atoms with Crippen LogP contribution in [0.25, 0.3) is 0 Å². The van der Waals surface area contributed by atoms with Crippen molar-refractivity contribution in [1.29, 1.82) is 0 Å². The van der Waals surface area contributed by atoms with Crippen LogP contribution in [0, 0.1) is 10.1 Å². The van der Waals surface area contributed by atoms with Gasteiger partial charge in [0, 0.05) is 28.9 Å². The maximum Gasteiger partial charge on any atom is 0.270 e. The molecule has 3 rings (SSSR count). The number of benzene rings is 2. The van der Waals surface area contributed by atoms with Crippen LogP contribution in [0.1, 0.15) is 5.56 Å². The summed E-state index contributed by atoms with van der Waals surface area (Å²) in [7, 11) is -3.97. The van der Waals surface area contributed by atoms with E-state index in [2.05, 4.69) is 25.8 Å². The van der Waals surface area contributed by atoms with Gasteiger partial charge in [0.2, 0.25) is 0 Å². The molecule has 1 aromatic heterocycles. The molecule has 0 atom stereocenters. The molecule has 0 aliphatic heterocycles. The van der Waals surface area contributed by atoms with Gasteiger partial charge < -0.3 is 0 Å². The fourth-order valence-electron chi connectivity index (χ4n) is 2.24. The van der Waals surface area contributed by atoms with Crippen molar-refractivity contribution in [3.05, 3.63) is 80.9 Å². The number of sulfonamides is 1. The minimum absolute atomic E-state index is 0.133. The number of anilines is 1. The lowest BCUT2D eigenvalue weighted by atomic mass is 10.2. The number of nitro benzene ring substituents is 1. The highest BCUT2D eigenvalue weighted by atomic mass is 79.9. The lowest BCUT2D eigenvalue weighted by molar-refractivity contribution is -0.385. The Hall–Kier alpha value is -2.72. The quantitative estimate of drug-likeness (QED) is 0.470. The topological polar surface area (TPSA) is 107 Å². The summed E-state index contributed by atoms with van der Waals surface area (Å²) in [6.45, 7) is 0.478. The van der Waals surface area contributed by atoms with Crippen LogP contribution in [0.3, 0.4) is 0 Å². The number of rotatable bonds is 6. The van der Waals surface area contributed by atoms with E-state index in [0.717, 1.165) is 16.1 Å². The fourth-order valence-corrected chi connectivity index (χ4v) is 3.54. The Kier molecular flexibility index (Phi) is 5.05. The van der Waals surface area contributed by atoms with E-state index < -0.39 is 14.9 Å². The molecule has 0 radical (unpaired) electrons. The van der Waals surface area contributed by atoms with Crippen molar-refractivity contribution in [2.24, 2.45) is 0 Å². The first-order valence-corrected chi connectivity index (χ1v) is 9.66. The maximum atomic E-state index is 12.4. The molecule has 8 nitrogen and oxygen atoms in total. The number of non-ortho nitro benzene ring substituents is 1. The molecule has 3 aromatic rings. The van der Waals surface area contributed by atoms with Crippen LogP contribution in [0.15, 0.2) is 70.2 Å². The first-order valence-electron chi connectivity index (χ1n) is 7.39. The van der Waals surface area contributed by atoms with Crippen LogP contribution in [0.2, 0.25) is 0 Å². The molecule has 26 heavy (non-hydrogen) atoms. The summed E-state index contributed by atoms with van der Waals surface area (Å²) in [6.07, 6.45) is 1.65. The second-order valence-electron chi connectivity index (χ2n) is 5.38. The molecule has 1 N–H and O–H groups in total. The Balaban J connectivity index is 1.76. The van der Waals surface area contributed by atoms with Crippen molar-refractivity contribution in [2.75, 3.05) is 4.72 Å². The zero-order valence-corrected chi connectivity index (χ0v) is 15.6. The molecule has 0 unspecified atom stereocenters. The molecule has 1 heterocycles. The largest absolute Gasteiger partial charge is 0.270 e. The van der Waals surface area contributed by atoms with E-state index in [1.165, 1.54) is 24.3 Å². The molecule has 0 fully saturated rings. The number of aromatic nitrogens is 2. The van der Waals surface area contributed by atoms with E-state index in [-0.39, 0.29) is 16.4 Å². The van der Waals surface area contributed by atoms with E-state index in [4.69, 9.17) is 0 Å². The zero-order valence-electron chi connectivity index (χ0n) is 13.2. The molecule has 0 amide bonds. The fraction of sp³-hybridized carbons (Fsp3) is 0.0625. The minimum atomic E-state index is -3.97. The minimum Gasteiger partial charge on any atom is -0.266 e. The Labute approximate surface area is 157 Å². The van der Waals surface area contributed by atoms with E-state index in [1.807, 2.05) is 24.3 Å². The van der Waals surface area contributed by atoms with Crippen LogP contribution < -0.4 is 4.72 Å². The Morgan fingerprint density at radius 2 is 1.88 bits per heavy atom. The molecule has 10 heteroatoms. The van der Waals surface area contributed by atoms with Gasteiger partial charge in [0.05, 0.1) is 16.4 Å². The highest BCUT2D eigenvalue weighted by molar-refractivity contribution is 9.10. The monoisotopic (exact) mass is 436 g/mol. The maximum absolute atomic E-state index is 12.4. The summed E-state index contributed by atoms with van der Waals surface area (Å²) < 4.78 is 29.7. The lowest BCUT2D eigenvalue weighted by Gasteiger charge is -2.06. The van der Waals surface area contributed by atoms with Gasteiger partial charge >= 0.3 is 0 Å². The van der Waals surface area contributed by atoms with E-state index in [9.17, 15) is 18.5 Å². The first kappa shape index (κ1) is 18.1. The third-order valence-corrected chi connectivity index (χ3v) is 5.36. The number of nitro groups is 1. The van der Waals surface area contributed by atoms with Crippen LogP contribution >= 0.6 is 15.9 Å². The Morgan fingerprint density at radius 3 is 2.58 bits per heavy atom. The van der Waals surface area contributed by atoms with Gasteiger partial charge in [-0.3, -0.25) is 19.5 Å². The summed E-state index contributed by atoms with van der Waals surface area (Å²) in [5.41, 5.74) is 0.707. The van der Waals surface area contributed by atoms with Crippen molar-refractivity contribution in [2.45, 2.75) is 11.4 Å². The predicted molar refractivity (Wildman–Crippen MR) is 99.4 cm³/mol. The standard InChI is InChI=1S/C16H13BrN4O4S/c17-13-6-4-12(5-7-13)11-20-9-8-16(18-20)19-26(24,25)15-3-1-2-14(10-15)21(22)23/h1-10H,11H2,(H,18,19). The van der Waals surface area contributed by atoms with Crippen LogP contribution in [0.4, 0.5) is 11.5 Å². The number of halogens is 1. The summed E-state index contributed by atoms with van der Waals surface area (Å²) in [5.74, 6) is 0.133. The molecule has 0 aliphatic rings. The van der Waals surface area contributed by atoms with Crippen LogP contribution in [0.5, 0.6) is 0 Å². The predicted octanol–water partition coefficient (Wildman–Crippen LogP) is 3.40. The van der Waals surface area contributed by atoms with Crippen molar-refractivity contribution in [3.63, 3.8) is 0 Å². The van der Waals surface area contributed by atoms with Gasteiger partial charge in [0.1, 0.15) is 0 Å². The average molecular weight is 437 g/mol. The zero-order chi connectivity index (χ0) is 18.7. The molecule has 2 aromatic carbocycles. The molecule has 0 saturated heterocycles. The second kappa shape index (κ2) is 7.26. The molecular formula is C16H13BrN4O4S. The van der Waals surface area contributed by atoms with E-state index in [1.54, 1.807) is 10.9 Å². The normalized spacial score (nSPS) is 11.3. The van der Waals surface area contributed by atoms with Gasteiger partial charge in [0.25, 0.3) is 15.7 Å². The first-order chi connectivity index (χ1) is 12.3. The summed E-state index contributed by atoms with van der Waals surface area (Å²) in [4.78, 5) is 9.96. The third kappa shape index (κ3) is 4.27. The van der Waals surface area contributed by atoms with Crippen molar-refractivity contribution in [1.82, 2.24) is 9.78 Å². The third-order valence-electron chi connectivity index (χ3n) is 3.48. The molecule has 0 aliphatic carbocycles. The summed E-state index contributed by atoms with van der Waals surface area (Å²) in [6, 6.07) is 14.0. The molecular weight excluding hydrogens is 424 g/mol. The van der Waals surface area contributed by atoms with Gasteiger partial charge in [-0.15, -0.1) is 0 Å². The molecule has 134 valence electrons. The number of hydrogen-bond acceptors (Lipinski definition) is 5.